The number of nitrogens with zero attached hydrogens (tertiary/aromatic N) is 4. The number of rotatable bonds is 7. The average molecular weight is 382 g/mol. The van der Waals surface area contributed by atoms with Gasteiger partial charge in [-0.2, -0.15) is 0 Å². The zero-order valence-electron chi connectivity index (χ0n) is 15.7. The van der Waals surface area contributed by atoms with E-state index in [4.69, 9.17) is 9.72 Å². The van der Waals surface area contributed by atoms with Crippen LogP contribution in [0.5, 0.6) is 0 Å². The third-order valence-electron chi connectivity index (χ3n) is 4.26. The van der Waals surface area contributed by atoms with Crippen LogP contribution < -0.4 is 0 Å². The maximum absolute atomic E-state index is 12.6. The molecule has 0 bridgehead atoms. The maximum Gasteiger partial charge on any atom is 0.340 e. The molecule has 27 heavy (non-hydrogen) atoms. The molecule has 0 aliphatic heterocycles. The van der Waals surface area contributed by atoms with Gasteiger partial charge >= 0.3 is 5.97 Å². The Hall–Kier alpha value is -2.67. The highest BCUT2D eigenvalue weighted by Crippen LogP contribution is 2.28. The van der Waals surface area contributed by atoms with Gasteiger partial charge in [0.15, 0.2) is 5.16 Å². The first-order valence-corrected chi connectivity index (χ1v) is 9.74. The summed E-state index contributed by atoms with van der Waals surface area (Å²) in [4.78, 5) is 17.3. The molecule has 3 rings (SSSR count). The van der Waals surface area contributed by atoms with Crippen molar-refractivity contribution in [1.29, 1.82) is 0 Å². The summed E-state index contributed by atoms with van der Waals surface area (Å²) in [6.07, 6.45) is 1.81. The van der Waals surface area contributed by atoms with E-state index >= 15 is 0 Å². The van der Waals surface area contributed by atoms with E-state index in [0.717, 1.165) is 27.4 Å². The number of ether oxygens (including phenoxy) is 1. The Balaban J connectivity index is 2.01. The smallest absolute Gasteiger partial charge is 0.340 e. The number of fused-ring (bicyclic) bond motifs is 1. The van der Waals surface area contributed by atoms with E-state index in [9.17, 15) is 4.79 Å². The van der Waals surface area contributed by atoms with Gasteiger partial charge < -0.3 is 9.30 Å². The Morgan fingerprint density at radius 2 is 2.07 bits per heavy atom. The lowest BCUT2D eigenvalue weighted by atomic mass is 10.0. The molecular formula is C20H22N4O2S. The van der Waals surface area contributed by atoms with Crippen molar-refractivity contribution in [2.24, 2.45) is 0 Å². The molecule has 3 aromatic rings. The van der Waals surface area contributed by atoms with Crippen LogP contribution in [0.15, 0.2) is 42.1 Å². The van der Waals surface area contributed by atoms with Gasteiger partial charge in [0.25, 0.3) is 0 Å². The highest BCUT2D eigenvalue weighted by Gasteiger charge is 2.21. The second-order valence-corrected chi connectivity index (χ2v) is 6.96. The number of aryl methyl sites for hydroxylation is 2. The summed E-state index contributed by atoms with van der Waals surface area (Å²) in [6.45, 7) is 10.4. The molecule has 0 aliphatic rings. The monoisotopic (exact) mass is 382 g/mol. The summed E-state index contributed by atoms with van der Waals surface area (Å²) < 4.78 is 7.26. The van der Waals surface area contributed by atoms with E-state index in [2.05, 4.69) is 16.8 Å². The lowest BCUT2D eigenvalue weighted by Gasteiger charge is -2.14. The number of para-hydroxylation sites is 1. The summed E-state index contributed by atoms with van der Waals surface area (Å²) in [5.74, 6) is 0.980. The van der Waals surface area contributed by atoms with E-state index in [0.29, 0.717) is 30.2 Å². The van der Waals surface area contributed by atoms with Crippen molar-refractivity contribution in [2.45, 2.75) is 38.2 Å². The predicted molar refractivity (Wildman–Crippen MR) is 107 cm³/mol. The fourth-order valence-electron chi connectivity index (χ4n) is 2.96. The van der Waals surface area contributed by atoms with Crippen molar-refractivity contribution in [2.75, 3.05) is 6.61 Å². The fraction of sp³-hybridized carbons (Fsp3) is 0.300. The van der Waals surface area contributed by atoms with Crippen LogP contribution in [0, 0.1) is 13.8 Å². The first-order valence-electron chi connectivity index (χ1n) is 8.75. The van der Waals surface area contributed by atoms with Crippen molar-refractivity contribution in [3.8, 4) is 0 Å². The molecule has 6 nitrogen and oxygen atoms in total. The second-order valence-electron chi connectivity index (χ2n) is 6.01. The molecule has 0 spiro atoms. The Labute approximate surface area is 162 Å². The summed E-state index contributed by atoms with van der Waals surface area (Å²) in [6, 6.07) is 7.82. The van der Waals surface area contributed by atoms with Crippen molar-refractivity contribution >= 4 is 28.6 Å². The molecule has 0 saturated carbocycles. The molecule has 0 amide bonds. The Morgan fingerprint density at radius 3 is 2.81 bits per heavy atom. The largest absolute Gasteiger partial charge is 0.462 e. The molecule has 0 unspecified atom stereocenters. The molecule has 0 aliphatic carbocycles. The number of carbonyl (C=O) groups is 1. The topological polar surface area (TPSA) is 69.9 Å². The molecule has 0 fully saturated rings. The van der Waals surface area contributed by atoms with Gasteiger partial charge in [-0.1, -0.05) is 36.0 Å². The van der Waals surface area contributed by atoms with E-state index in [1.165, 1.54) is 11.8 Å². The Bertz CT molecular complexity index is 997. The third kappa shape index (κ3) is 3.88. The first-order chi connectivity index (χ1) is 13.1. The molecule has 2 aromatic heterocycles. The number of hydrogen-bond acceptors (Lipinski definition) is 6. The van der Waals surface area contributed by atoms with Crippen LogP contribution >= 0.6 is 11.8 Å². The van der Waals surface area contributed by atoms with Gasteiger partial charge in [0, 0.05) is 17.7 Å². The van der Waals surface area contributed by atoms with Crippen molar-refractivity contribution in [1.82, 2.24) is 19.7 Å². The average Bonchev–Trinajstić information content (AvgIpc) is 3.00. The molecule has 0 radical (unpaired) electrons. The summed E-state index contributed by atoms with van der Waals surface area (Å²) in [5, 5.41) is 10.1. The number of esters is 1. The van der Waals surface area contributed by atoms with E-state index < -0.39 is 0 Å². The van der Waals surface area contributed by atoms with Crippen LogP contribution in [0.2, 0.25) is 0 Å². The number of allylic oxidation sites excluding steroid dienone is 1. The van der Waals surface area contributed by atoms with E-state index in [-0.39, 0.29) is 5.97 Å². The zero-order valence-corrected chi connectivity index (χ0v) is 16.5. The molecule has 1 aromatic carbocycles. The SMILES string of the molecule is C=CCn1c(C)nnc1SCc1nc2ccccc2c(C)c1C(=O)OCC. The lowest BCUT2D eigenvalue weighted by molar-refractivity contribution is 0.0524. The Morgan fingerprint density at radius 1 is 1.30 bits per heavy atom. The van der Waals surface area contributed by atoms with Crippen LogP contribution in [0.1, 0.15) is 34.4 Å². The quantitative estimate of drug-likeness (QED) is 0.348. The van der Waals surface area contributed by atoms with Crippen LogP contribution in [0.3, 0.4) is 0 Å². The van der Waals surface area contributed by atoms with Gasteiger partial charge in [-0.05, 0) is 32.4 Å². The molecule has 140 valence electrons. The van der Waals surface area contributed by atoms with Gasteiger partial charge in [0.1, 0.15) is 5.82 Å². The minimum Gasteiger partial charge on any atom is -0.462 e. The zero-order chi connectivity index (χ0) is 19.4. The summed E-state index contributed by atoms with van der Waals surface area (Å²) in [5.41, 5.74) is 2.98. The highest BCUT2D eigenvalue weighted by atomic mass is 32.2. The van der Waals surface area contributed by atoms with Gasteiger partial charge in [-0.3, -0.25) is 4.98 Å². The van der Waals surface area contributed by atoms with Crippen LogP contribution in [-0.4, -0.2) is 32.3 Å². The summed E-state index contributed by atoms with van der Waals surface area (Å²) >= 11 is 1.50. The predicted octanol–water partition coefficient (Wildman–Crippen LogP) is 4.10. The van der Waals surface area contributed by atoms with Crippen molar-refractivity contribution in [3.05, 3.63) is 59.6 Å². The van der Waals surface area contributed by atoms with Gasteiger partial charge in [-0.25, -0.2) is 4.79 Å². The second kappa shape index (κ2) is 8.35. The lowest BCUT2D eigenvalue weighted by Crippen LogP contribution is -2.12. The fourth-order valence-corrected chi connectivity index (χ4v) is 3.90. The number of benzene rings is 1. The van der Waals surface area contributed by atoms with E-state index in [1.54, 1.807) is 6.92 Å². The normalized spacial score (nSPS) is 10.9. The number of thioether (sulfide) groups is 1. The van der Waals surface area contributed by atoms with Gasteiger partial charge in [-0.15, -0.1) is 16.8 Å². The van der Waals surface area contributed by atoms with Crippen molar-refractivity contribution in [3.63, 3.8) is 0 Å². The maximum atomic E-state index is 12.6. The minimum atomic E-state index is -0.340. The molecule has 0 N–H and O–H groups in total. The molecule has 2 heterocycles. The van der Waals surface area contributed by atoms with Crippen LogP contribution in [0.4, 0.5) is 0 Å². The van der Waals surface area contributed by atoms with Crippen molar-refractivity contribution < 1.29 is 9.53 Å². The molecular weight excluding hydrogens is 360 g/mol. The standard InChI is InChI=1S/C20H22N4O2S/c1-5-11-24-14(4)22-23-20(24)27-12-17-18(19(25)26-6-2)13(3)15-9-7-8-10-16(15)21-17/h5,7-10H,1,6,11-12H2,2-4H3. The molecule has 0 saturated heterocycles. The number of hydrogen-bond donors (Lipinski definition) is 0. The Kier molecular flexibility index (Phi) is 5.91. The van der Waals surface area contributed by atoms with E-state index in [1.807, 2.05) is 48.8 Å². The highest BCUT2D eigenvalue weighted by molar-refractivity contribution is 7.98. The molecule has 0 atom stereocenters. The third-order valence-corrected chi connectivity index (χ3v) is 5.24. The number of aromatic nitrogens is 4. The molecule has 7 heteroatoms. The van der Waals surface area contributed by atoms with Gasteiger partial charge in [0.2, 0.25) is 0 Å². The first kappa shape index (κ1) is 19.1. The number of carbonyl (C=O) groups excluding carboxylic acids is 1. The van der Waals surface area contributed by atoms with Crippen LogP contribution in [-0.2, 0) is 17.0 Å². The number of pyridine rings is 1. The van der Waals surface area contributed by atoms with Crippen LogP contribution in [0.25, 0.3) is 10.9 Å². The summed E-state index contributed by atoms with van der Waals surface area (Å²) in [7, 11) is 0. The van der Waals surface area contributed by atoms with Gasteiger partial charge in [0.05, 0.1) is 23.4 Å². The minimum absolute atomic E-state index is 0.324.